The molecule has 1 aliphatic heterocycles. The van der Waals surface area contributed by atoms with Crippen molar-refractivity contribution in [3.8, 4) is 0 Å². The van der Waals surface area contributed by atoms with Gasteiger partial charge in [0.25, 0.3) is 0 Å². The van der Waals surface area contributed by atoms with Gasteiger partial charge in [0.05, 0.1) is 68.5 Å². The van der Waals surface area contributed by atoms with Gasteiger partial charge < -0.3 is 49.4 Å². The Kier molecular flexibility index (Phi) is 26.2. The number of unbranched alkanes of at least 4 members (excludes halogenated alkanes) is 1. The van der Waals surface area contributed by atoms with E-state index in [9.17, 15) is 19.2 Å². The molecule has 72 heavy (non-hydrogen) atoms. The first-order valence-corrected chi connectivity index (χ1v) is 27.4. The van der Waals surface area contributed by atoms with Crippen molar-refractivity contribution in [3.63, 3.8) is 0 Å². The van der Waals surface area contributed by atoms with Gasteiger partial charge >= 0.3 is 0 Å². The van der Waals surface area contributed by atoms with E-state index >= 15 is 0 Å². The number of nitrogens with zero attached hydrogens (tertiary/aromatic N) is 2. The molecular formula is C58H95N5O9. The lowest BCUT2D eigenvalue weighted by Crippen LogP contribution is -2.59. The van der Waals surface area contributed by atoms with Crippen molar-refractivity contribution in [2.75, 3.05) is 48.1 Å². The number of likely N-dealkylation sites (N-methyl/N-ethyl adjacent to an activating group) is 2. The molecule has 4 rings (SSSR count). The Morgan fingerprint density at radius 3 is 2.04 bits per heavy atom. The van der Waals surface area contributed by atoms with Crippen LogP contribution in [-0.2, 0) is 49.5 Å². The van der Waals surface area contributed by atoms with Crippen molar-refractivity contribution < 1.29 is 42.9 Å². The van der Waals surface area contributed by atoms with Crippen LogP contribution in [0, 0.1) is 23.7 Å². The zero-order valence-corrected chi connectivity index (χ0v) is 46.5. The summed E-state index contributed by atoms with van der Waals surface area (Å²) in [5.74, 6) is -0.913. The molecule has 10 unspecified atom stereocenters. The Morgan fingerprint density at radius 1 is 0.792 bits per heavy atom. The van der Waals surface area contributed by atoms with E-state index < -0.39 is 54.7 Å². The van der Waals surface area contributed by atoms with E-state index in [2.05, 4.69) is 61.0 Å². The number of hydrogen-bond acceptors (Lipinski definition) is 10. The first kappa shape index (κ1) is 60.6. The van der Waals surface area contributed by atoms with Crippen molar-refractivity contribution >= 4 is 23.6 Å². The van der Waals surface area contributed by atoms with Crippen LogP contribution in [0.5, 0.6) is 0 Å². The Labute approximate surface area is 434 Å². The number of carbonyl (C=O) groups is 4. The van der Waals surface area contributed by atoms with Gasteiger partial charge in [-0.25, -0.2) is 0 Å². The third kappa shape index (κ3) is 17.3. The molecule has 1 saturated heterocycles. The van der Waals surface area contributed by atoms with Crippen molar-refractivity contribution in [3.05, 3.63) is 71.3 Å². The molecule has 0 radical (unpaired) electrons. The van der Waals surface area contributed by atoms with Gasteiger partial charge in [0.15, 0.2) is 6.29 Å². The number of ether oxygens (including phenoxy) is 5. The maximum atomic E-state index is 14.5. The largest absolute Gasteiger partial charge is 0.379 e. The standard InChI is InChI=1S/C58H95N5O9/c1-14-16-28-50(71-35-34-70-37-43-29-31-45(32-30-43)44-23-20-21-24-44)72-55(46-25-18-17-19-26-46)42(9)60-56(65)41(8)54(69-13)47-27-22-33-63(47)49(64)36-48(68-12)53(40(7)15-2)62(11)58(67)52(39(5)6)61-57(66)51(59-10)38(3)4/h17-19,25-26,29-32,38-42,44,47-48,50-55,59H,14-16,20-24,27-28,33-37H2,1-13H3,(H,60,65)(H,61,66)/t40?,41?,42?,47?,48?,50?,51?,52-,53?,54?,55?/m0/s1. The molecule has 1 aliphatic carbocycles. The lowest BCUT2D eigenvalue weighted by Gasteiger charge is -2.41. The quantitative estimate of drug-likeness (QED) is 0.0478. The van der Waals surface area contributed by atoms with Gasteiger partial charge in [0.1, 0.15) is 12.1 Å². The Balaban J connectivity index is 1.42. The average molecular weight is 1010 g/mol. The van der Waals surface area contributed by atoms with Gasteiger partial charge in [0, 0.05) is 27.8 Å². The summed E-state index contributed by atoms with van der Waals surface area (Å²) in [5, 5.41) is 9.36. The third-order valence-electron chi connectivity index (χ3n) is 15.4. The van der Waals surface area contributed by atoms with E-state index in [4.69, 9.17) is 23.7 Å². The van der Waals surface area contributed by atoms with E-state index in [1.165, 1.54) is 31.2 Å². The summed E-state index contributed by atoms with van der Waals surface area (Å²) in [7, 11) is 6.67. The minimum atomic E-state index is -0.770. The molecule has 0 spiro atoms. The summed E-state index contributed by atoms with van der Waals surface area (Å²) in [6.07, 6.45) is 7.73. The highest BCUT2D eigenvalue weighted by atomic mass is 16.7. The number of amides is 4. The monoisotopic (exact) mass is 1010 g/mol. The summed E-state index contributed by atoms with van der Waals surface area (Å²) in [6.45, 7) is 19.6. The van der Waals surface area contributed by atoms with Gasteiger partial charge in [-0.05, 0) is 92.9 Å². The minimum absolute atomic E-state index is 0.0259. The number of carbonyl (C=O) groups excluding carboxylic acids is 4. The Morgan fingerprint density at radius 2 is 1.46 bits per heavy atom. The molecule has 4 amide bonds. The van der Waals surface area contributed by atoms with Crippen LogP contribution in [-0.4, -0.2) is 130 Å². The highest BCUT2D eigenvalue weighted by Gasteiger charge is 2.43. The lowest BCUT2D eigenvalue weighted by molar-refractivity contribution is -0.188. The number of likely N-dealkylation sites (tertiary alicyclic amines) is 1. The SMILES string of the molecule is CCCCC(OCCOCc1ccc(C2CCCC2)cc1)OC(c1ccccc1)C(C)NC(=O)C(C)C(OC)C1CCCN1C(=O)CC(OC)C(C(C)CC)N(C)C(=O)[C@@H](NC(=O)C(NC)C(C)C)C(C)C. The molecule has 0 bridgehead atoms. The first-order valence-electron chi connectivity index (χ1n) is 27.4. The summed E-state index contributed by atoms with van der Waals surface area (Å²) < 4.78 is 31.5. The number of hydrogen-bond donors (Lipinski definition) is 3. The predicted octanol–water partition coefficient (Wildman–Crippen LogP) is 8.96. The fourth-order valence-electron chi connectivity index (χ4n) is 10.9. The molecule has 0 aromatic heterocycles. The van der Waals surface area contributed by atoms with Gasteiger partial charge in [-0.1, -0.05) is 136 Å². The van der Waals surface area contributed by atoms with Crippen molar-refractivity contribution in [1.29, 1.82) is 0 Å². The van der Waals surface area contributed by atoms with Gasteiger partial charge in [0.2, 0.25) is 23.6 Å². The molecule has 1 saturated carbocycles. The highest BCUT2D eigenvalue weighted by Crippen LogP contribution is 2.35. The maximum Gasteiger partial charge on any atom is 0.245 e. The second-order valence-electron chi connectivity index (χ2n) is 21.3. The van der Waals surface area contributed by atoms with Crippen molar-refractivity contribution in [1.82, 2.24) is 25.8 Å². The first-order chi connectivity index (χ1) is 34.5. The van der Waals surface area contributed by atoms with Crippen LogP contribution < -0.4 is 16.0 Å². The molecule has 11 atom stereocenters. The summed E-state index contributed by atoms with van der Waals surface area (Å²) >= 11 is 0. The van der Waals surface area contributed by atoms with E-state index in [1.807, 2.05) is 76.8 Å². The Hall–Kier alpha value is -3.92. The van der Waals surface area contributed by atoms with Gasteiger partial charge in [-0.2, -0.15) is 0 Å². The lowest BCUT2D eigenvalue weighted by atomic mass is 9.89. The van der Waals surface area contributed by atoms with Crippen LogP contribution in [0.2, 0.25) is 0 Å². The Bertz CT molecular complexity index is 1900. The fraction of sp³-hybridized carbons (Fsp3) is 0.724. The molecule has 2 fully saturated rings. The van der Waals surface area contributed by atoms with Crippen molar-refractivity contribution in [2.24, 2.45) is 23.7 Å². The topological polar surface area (TPSA) is 157 Å². The summed E-state index contributed by atoms with van der Waals surface area (Å²) in [6, 6.07) is 16.3. The smallest absolute Gasteiger partial charge is 0.245 e. The zero-order valence-electron chi connectivity index (χ0n) is 46.5. The van der Waals surface area contributed by atoms with E-state index in [0.717, 1.165) is 36.8 Å². The van der Waals surface area contributed by atoms with Crippen LogP contribution in [0.25, 0.3) is 0 Å². The van der Waals surface area contributed by atoms with Gasteiger partial charge in [-0.15, -0.1) is 0 Å². The molecule has 2 aromatic rings. The number of rotatable bonds is 32. The molecule has 2 aliphatic rings. The highest BCUT2D eigenvalue weighted by molar-refractivity contribution is 5.90. The van der Waals surface area contributed by atoms with Crippen LogP contribution in [0.1, 0.15) is 162 Å². The van der Waals surface area contributed by atoms with E-state index in [1.54, 1.807) is 33.2 Å². The second-order valence-corrected chi connectivity index (χ2v) is 21.3. The summed E-state index contributed by atoms with van der Waals surface area (Å²) in [5.41, 5.74) is 3.50. The molecule has 3 N–H and O–H groups in total. The van der Waals surface area contributed by atoms with Gasteiger partial charge in [-0.3, -0.25) is 19.2 Å². The van der Waals surface area contributed by atoms with Crippen LogP contribution >= 0.6 is 0 Å². The van der Waals surface area contributed by atoms with Crippen LogP contribution in [0.15, 0.2) is 54.6 Å². The van der Waals surface area contributed by atoms with Crippen molar-refractivity contribution in [2.45, 2.75) is 200 Å². The third-order valence-corrected chi connectivity index (χ3v) is 15.4. The minimum Gasteiger partial charge on any atom is -0.379 e. The number of benzene rings is 2. The molecule has 14 heteroatoms. The molecular weight excluding hydrogens is 911 g/mol. The number of nitrogens with one attached hydrogen (secondary N) is 3. The van der Waals surface area contributed by atoms with Crippen LogP contribution in [0.4, 0.5) is 0 Å². The van der Waals surface area contributed by atoms with E-state index in [0.29, 0.717) is 45.1 Å². The molecule has 1 heterocycles. The zero-order chi connectivity index (χ0) is 52.9. The molecule has 406 valence electrons. The fourth-order valence-corrected chi connectivity index (χ4v) is 10.9. The average Bonchev–Trinajstić information content (AvgIpc) is 4.10. The predicted molar refractivity (Wildman–Crippen MR) is 285 cm³/mol. The maximum absolute atomic E-state index is 14.5. The second kappa shape index (κ2) is 31.1. The van der Waals surface area contributed by atoms with Crippen LogP contribution in [0.3, 0.4) is 0 Å². The number of methoxy groups -OCH3 is 2. The van der Waals surface area contributed by atoms with E-state index in [-0.39, 0.29) is 53.8 Å². The normalized spacial score (nSPS) is 19.5. The molecule has 2 aromatic carbocycles. The summed E-state index contributed by atoms with van der Waals surface area (Å²) in [4.78, 5) is 60.1. The molecule has 14 nitrogen and oxygen atoms in total.